The zero-order chi connectivity index (χ0) is 14.7. The molecule has 0 bridgehead atoms. The first-order chi connectivity index (χ1) is 10.3. The average molecular weight is 285 g/mol. The van der Waals surface area contributed by atoms with Gasteiger partial charge < -0.3 is 9.32 Å². The summed E-state index contributed by atoms with van der Waals surface area (Å²) in [7, 11) is 0. The fourth-order valence-corrected chi connectivity index (χ4v) is 2.59. The third-order valence-corrected chi connectivity index (χ3v) is 3.70. The number of halogens is 1. The molecule has 108 valence electrons. The molecule has 0 radical (unpaired) electrons. The Labute approximate surface area is 122 Å². The second kappa shape index (κ2) is 5.96. The van der Waals surface area contributed by atoms with Crippen molar-refractivity contribution in [1.82, 2.24) is 4.98 Å². The lowest BCUT2D eigenvalue weighted by Crippen LogP contribution is -2.24. The van der Waals surface area contributed by atoms with Gasteiger partial charge in [0.15, 0.2) is 0 Å². The van der Waals surface area contributed by atoms with Crippen LogP contribution in [0.1, 0.15) is 31.4 Å². The largest absolute Gasteiger partial charge is 0.419 e. The number of hydrogen-bond donors (Lipinski definition) is 0. The average Bonchev–Trinajstić information content (AvgIpc) is 2.75. The Morgan fingerprint density at radius 3 is 2.38 bits per heavy atom. The monoisotopic (exact) mass is 285 g/mol. The molecular weight excluding hydrogens is 269 g/mol. The number of oxazole rings is 1. The molecule has 0 atom stereocenters. The van der Waals surface area contributed by atoms with E-state index >= 15 is 0 Å². The zero-order valence-corrected chi connectivity index (χ0v) is 11.7. The summed E-state index contributed by atoms with van der Waals surface area (Å²) in [6.45, 7) is 1.76. The molecule has 3 rings (SSSR count). The van der Waals surface area contributed by atoms with Gasteiger partial charge >= 0.3 is 0 Å². The molecule has 1 saturated heterocycles. The van der Waals surface area contributed by atoms with E-state index in [9.17, 15) is 9.65 Å². The molecule has 1 fully saturated rings. The van der Waals surface area contributed by atoms with E-state index in [1.165, 1.54) is 25.0 Å². The molecular formula is C16H16FN3O. The lowest BCUT2D eigenvalue weighted by molar-refractivity contribution is 0.550. The Morgan fingerprint density at radius 2 is 1.76 bits per heavy atom. The minimum absolute atomic E-state index is 0.302. The predicted octanol–water partition coefficient (Wildman–Crippen LogP) is 3.73. The van der Waals surface area contributed by atoms with Gasteiger partial charge in [-0.1, -0.05) is 12.8 Å². The van der Waals surface area contributed by atoms with Gasteiger partial charge in [-0.05, 0) is 37.1 Å². The van der Waals surface area contributed by atoms with Crippen LogP contribution in [0.3, 0.4) is 0 Å². The number of nitriles is 1. The summed E-state index contributed by atoms with van der Waals surface area (Å²) in [4.78, 5) is 6.33. The Morgan fingerprint density at radius 1 is 1.10 bits per heavy atom. The summed E-state index contributed by atoms with van der Waals surface area (Å²) < 4.78 is 18.8. The van der Waals surface area contributed by atoms with Crippen LogP contribution in [0.5, 0.6) is 0 Å². The molecule has 0 saturated carbocycles. The Kier molecular flexibility index (Phi) is 3.87. The smallest absolute Gasteiger partial charge is 0.235 e. The molecule has 1 aromatic heterocycles. The van der Waals surface area contributed by atoms with Crippen molar-refractivity contribution < 1.29 is 8.81 Å². The van der Waals surface area contributed by atoms with Crippen molar-refractivity contribution in [1.29, 1.82) is 5.26 Å². The fourth-order valence-electron chi connectivity index (χ4n) is 2.59. The predicted molar refractivity (Wildman–Crippen MR) is 77.3 cm³/mol. The SMILES string of the molecule is N#Cc1nc(-c2ccc(F)cc2)oc1N1CCCCCC1. The molecule has 1 aliphatic heterocycles. The number of hydrogen-bond acceptors (Lipinski definition) is 4. The van der Waals surface area contributed by atoms with E-state index in [1.54, 1.807) is 12.1 Å². The zero-order valence-electron chi connectivity index (χ0n) is 11.7. The number of anilines is 1. The highest BCUT2D eigenvalue weighted by Gasteiger charge is 2.21. The molecule has 0 spiro atoms. The van der Waals surface area contributed by atoms with Crippen molar-refractivity contribution in [2.45, 2.75) is 25.7 Å². The van der Waals surface area contributed by atoms with Crippen LogP contribution in [0.25, 0.3) is 11.5 Å². The normalized spacial score (nSPS) is 15.5. The highest BCUT2D eigenvalue weighted by molar-refractivity contribution is 5.59. The Balaban J connectivity index is 1.94. The third-order valence-electron chi connectivity index (χ3n) is 3.70. The lowest BCUT2D eigenvalue weighted by Gasteiger charge is -2.18. The maximum Gasteiger partial charge on any atom is 0.235 e. The summed E-state index contributed by atoms with van der Waals surface area (Å²) in [5.41, 5.74) is 0.977. The molecule has 0 amide bonds. The van der Waals surface area contributed by atoms with E-state index in [0.29, 0.717) is 23.0 Å². The maximum absolute atomic E-state index is 13.0. The van der Waals surface area contributed by atoms with Crippen LogP contribution in [-0.4, -0.2) is 18.1 Å². The minimum atomic E-state index is -0.307. The highest BCUT2D eigenvalue weighted by Crippen LogP contribution is 2.29. The maximum atomic E-state index is 13.0. The Hall–Kier alpha value is -2.35. The van der Waals surface area contributed by atoms with E-state index in [1.807, 2.05) is 0 Å². The van der Waals surface area contributed by atoms with Crippen LogP contribution < -0.4 is 4.90 Å². The van der Waals surface area contributed by atoms with E-state index < -0.39 is 0 Å². The molecule has 1 aromatic carbocycles. The van der Waals surface area contributed by atoms with Crippen molar-refractivity contribution in [3.8, 4) is 17.5 Å². The van der Waals surface area contributed by atoms with Gasteiger partial charge in [0.2, 0.25) is 17.5 Å². The van der Waals surface area contributed by atoms with Crippen LogP contribution in [0.4, 0.5) is 10.3 Å². The quantitative estimate of drug-likeness (QED) is 0.843. The van der Waals surface area contributed by atoms with E-state index in [2.05, 4.69) is 16.0 Å². The first kappa shape index (κ1) is 13.6. The second-order valence-electron chi connectivity index (χ2n) is 5.19. The fraction of sp³-hybridized carbons (Fsp3) is 0.375. The summed E-state index contributed by atoms with van der Waals surface area (Å²) >= 11 is 0. The summed E-state index contributed by atoms with van der Waals surface area (Å²) in [6, 6.07) is 8.02. The lowest BCUT2D eigenvalue weighted by atomic mass is 10.2. The molecule has 0 unspecified atom stereocenters. The minimum Gasteiger partial charge on any atom is -0.419 e. The summed E-state index contributed by atoms with van der Waals surface area (Å²) in [5, 5.41) is 9.26. The second-order valence-corrected chi connectivity index (χ2v) is 5.19. The van der Waals surface area contributed by atoms with Gasteiger partial charge in [-0.15, -0.1) is 0 Å². The molecule has 5 heteroatoms. The molecule has 0 N–H and O–H groups in total. The van der Waals surface area contributed by atoms with Crippen LogP contribution in [-0.2, 0) is 0 Å². The standard InChI is InChI=1S/C16H16FN3O/c17-13-7-5-12(6-8-13)15-19-14(11-18)16(21-15)20-9-3-1-2-4-10-20/h5-8H,1-4,9-10H2. The molecule has 4 nitrogen and oxygen atoms in total. The van der Waals surface area contributed by atoms with Crippen molar-refractivity contribution >= 4 is 5.88 Å². The Bertz CT molecular complexity index is 649. The van der Waals surface area contributed by atoms with Crippen molar-refractivity contribution in [2.75, 3.05) is 18.0 Å². The molecule has 2 aromatic rings. The van der Waals surface area contributed by atoms with Gasteiger partial charge in [0.1, 0.15) is 11.9 Å². The van der Waals surface area contributed by atoms with Crippen molar-refractivity contribution in [2.24, 2.45) is 0 Å². The van der Waals surface area contributed by atoms with Crippen molar-refractivity contribution in [3.63, 3.8) is 0 Å². The van der Waals surface area contributed by atoms with E-state index in [-0.39, 0.29) is 5.82 Å². The van der Waals surface area contributed by atoms with Gasteiger partial charge in [0, 0.05) is 18.7 Å². The number of benzene rings is 1. The molecule has 2 heterocycles. The van der Waals surface area contributed by atoms with Crippen LogP contribution >= 0.6 is 0 Å². The summed E-state index contributed by atoms with van der Waals surface area (Å²) in [6.07, 6.45) is 4.60. The number of nitrogens with zero attached hydrogens (tertiary/aromatic N) is 3. The first-order valence-corrected chi connectivity index (χ1v) is 7.20. The van der Waals surface area contributed by atoms with E-state index in [4.69, 9.17) is 4.42 Å². The first-order valence-electron chi connectivity index (χ1n) is 7.20. The highest BCUT2D eigenvalue weighted by atomic mass is 19.1. The molecule has 1 aliphatic rings. The van der Waals surface area contributed by atoms with E-state index in [0.717, 1.165) is 25.9 Å². The van der Waals surface area contributed by atoms with Crippen LogP contribution in [0.2, 0.25) is 0 Å². The number of aromatic nitrogens is 1. The van der Waals surface area contributed by atoms with Gasteiger partial charge in [0.25, 0.3) is 0 Å². The molecule has 0 aliphatic carbocycles. The topological polar surface area (TPSA) is 53.1 Å². The van der Waals surface area contributed by atoms with Gasteiger partial charge in [-0.3, -0.25) is 0 Å². The van der Waals surface area contributed by atoms with Gasteiger partial charge in [-0.2, -0.15) is 10.2 Å². The molecule has 21 heavy (non-hydrogen) atoms. The summed E-state index contributed by atoms with van der Waals surface area (Å²) in [5.74, 6) is 0.600. The third kappa shape index (κ3) is 2.89. The van der Waals surface area contributed by atoms with Crippen molar-refractivity contribution in [3.05, 3.63) is 35.8 Å². The van der Waals surface area contributed by atoms with Gasteiger partial charge in [0.05, 0.1) is 0 Å². The van der Waals surface area contributed by atoms with Crippen LogP contribution in [0.15, 0.2) is 28.7 Å². The number of rotatable bonds is 2. The van der Waals surface area contributed by atoms with Gasteiger partial charge in [-0.25, -0.2) is 4.39 Å². The van der Waals surface area contributed by atoms with Crippen LogP contribution in [0, 0.1) is 17.1 Å².